The first-order valence-electron chi connectivity index (χ1n) is 9.00. The van der Waals surface area contributed by atoms with Crippen LogP contribution in [0.4, 0.5) is 13.2 Å². The Morgan fingerprint density at radius 3 is 2.45 bits per heavy atom. The molecule has 0 saturated carbocycles. The molecule has 1 aromatic rings. The third-order valence-corrected chi connectivity index (χ3v) is 7.45. The van der Waals surface area contributed by atoms with E-state index in [4.69, 9.17) is 14.6 Å². The van der Waals surface area contributed by atoms with Crippen molar-refractivity contribution in [2.75, 3.05) is 38.5 Å². The molecule has 3 rings (SSSR count). The molecular formula is C16H24F3N3O5S2. The highest BCUT2D eigenvalue weighted by Gasteiger charge is 2.41. The van der Waals surface area contributed by atoms with Gasteiger partial charge in [-0.25, -0.2) is 22.5 Å². The van der Waals surface area contributed by atoms with Crippen molar-refractivity contribution in [1.29, 1.82) is 0 Å². The number of alkyl halides is 3. The largest absolute Gasteiger partial charge is 0.490 e. The van der Waals surface area contributed by atoms with E-state index in [1.165, 1.54) is 0 Å². The fraction of sp³-hybridized carbons (Fsp3) is 0.750. The Morgan fingerprint density at radius 2 is 1.97 bits per heavy atom. The molecule has 2 aliphatic rings. The van der Waals surface area contributed by atoms with Gasteiger partial charge in [0.15, 0.2) is 0 Å². The quantitative estimate of drug-likeness (QED) is 0.733. The van der Waals surface area contributed by atoms with Crippen molar-refractivity contribution < 1.29 is 36.2 Å². The zero-order valence-electron chi connectivity index (χ0n) is 15.9. The molecule has 0 aromatic carbocycles. The predicted molar refractivity (Wildman–Crippen MR) is 100 cm³/mol. The zero-order chi connectivity index (χ0) is 21.7. The van der Waals surface area contributed by atoms with Gasteiger partial charge >= 0.3 is 12.1 Å². The lowest BCUT2D eigenvalue weighted by Crippen LogP contribution is -2.57. The molecule has 2 aliphatic heterocycles. The van der Waals surface area contributed by atoms with Gasteiger partial charge < -0.3 is 9.84 Å². The molecule has 2 saturated heterocycles. The molecule has 13 heteroatoms. The second-order valence-electron chi connectivity index (χ2n) is 6.77. The number of carboxylic acid groups (broad SMARTS) is 1. The van der Waals surface area contributed by atoms with Crippen molar-refractivity contribution in [2.45, 2.75) is 38.1 Å². The monoisotopic (exact) mass is 459 g/mol. The minimum atomic E-state index is -5.08. The van der Waals surface area contributed by atoms with Gasteiger partial charge in [0.1, 0.15) is 5.01 Å². The number of carboxylic acids is 1. The van der Waals surface area contributed by atoms with Crippen molar-refractivity contribution in [3.63, 3.8) is 0 Å². The molecule has 1 spiro atoms. The normalized spacial score (nSPS) is 20.8. The van der Waals surface area contributed by atoms with Crippen LogP contribution in [0.1, 0.15) is 24.8 Å². The SMILES string of the molecule is CCS(=O)(=O)N1CCC2(CC1)CN(Cc1nccs1)CCO2.O=C(O)C(F)(F)F. The van der Waals surface area contributed by atoms with Gasteiger partial charge in [0.05, 0.1) is 24.5 Å². The number of rotatable bonds is 4. The Kier molecular flexibility index (Phi) is 8.01. The molecule has 0 radical (unpaired) electrons. The summed E-state index contributed by atoms with van der Waals surface area (Å²) >= 11 is 1.68. The van der Waals surface area contributed by atoms with Crippen LogP contribution in [0.3, 0.4) is 0 Å². The van der Waals surface area contributed by atoms with Gasteiger partial charge in [-0.05, 0) is 19.8 Å². The molecule has 29 heavy (non-hydrogen) atoms. The summed E-state index contributed by atoms with van der Waals surface area (Å²) in [7, 11) is -3.08. The molecule has 3 heterocycles. The van der Waals surface area contributed by atoms with Crippen LogP contribution in [0.2, 0.25) is 0 Å². The van der Waals surface area contributed by atoms with E-state index < -0.39 is 22.2 Å². The second kappa shape index (κ2) is 9.69. The van der Waals surface area contributed by atoms with Crippen LogP contribution >= 0.6 is 11.3 Å². The van der Waals surface area contributed by atoms with Crippen LogP contribution in [0.5, 0.6) is 0 Å². The van der Waals surface area contributed by atoms with Gasteiger partial charge in [-0.2, -0.15) is 13.2 Å². The van der Waals surface area contributed by atoms with Crippen molar-refractivity contribution >= 4 is 27.3 Å². The Bertz CT molecular complexity index is 763. The standard InChI is InChI=1S/C14H23N3O3S2.C2HF3O2/c1-2-22(18,19)17-6-3-14(4-7-17)12-16(8-9-20-14)11-13-15-5-10-21-13;3-2(4,5)1(6)7/h5,10H,2-4,6-9,11-12H2,1H3;(H,6,7). The minimum absolute atomic E-state index is 0.178. The third-order valence-electron chi connectivity index (χ3n) is 4.80. The molecule has 0 unspecified atom stereocenters. The number of thiazole rings is 1. The highest BCUT2D eigenvalue weighted by Crippen LogP contribution is 2.31. The Labute approximate surface area is 171 Å². The summed E-state index contributed by atoms with van der Waals surface area (Å²) in [5, 5.41) is 10.3. The van der Waals surface area contributed by atoms with E-state index in [1.807, 2.05) is 11.6 Å². The minimum Gasteiger partial charge on any atom is -0.475 e. The van der Waals surface area contributed by atoms with Crippen molar-refractivity contribution in [3.8, 4) is 0 Å². The Morgan fingerprint density at radius 1 is 1.34 bits per heavy atom. The summed E-state index contributed by atoms with van der Waals surface area (Å²) in [6, 6.07) is 0. The molecule has 166 valence electrons. The maximum absolute atomic E-state index is 12.0. The molecular weight excluding hydrogens is 435 g/mol. The lowest BCUT2D eigenvalue weighted by atomic mass is 9.90. The molecule has 1 N–H and O–H groups in total. The number of nitrogens with zero attached hydrogens (tertiary/aromatic N) is 3. The maximum Gasteiger partial charge on any atom is 0.490 e. The van der Waals surface area contributed by atoms with Gasteiger partial charge in [0.25, 0.3) is 0 Å². The number of aromatic nitrogens is 1. The number of aliphatic carboxylic acids is 1. The number of morpholine rings is 1. The van der Waals surface area contributed by atoms with Crippen LogP contribution < -0.4 is 0 Å². The first-order chi connectivity index (χ1) is 13.5. The van der Waals surface area contributed by atoms with Gasteiger partial charge in [0, 0.05) is 37.8 Å². The summed E-state index contributed by atoms with van der Waals surface area (Å²) in [4.78, 5) is 15.6. The van der Waals surface area contributed by atoms with Crippen LogP contribution in [-0.4, -0.2) is 84.0 Å². The molecule has 1 aromatic heterocycles. The molecule has 0 aliphatic carbocycles. The number of sulfonamides is 1. The van der Waals surface area contributed by atoms with Crippen molar-refractivity contribution in [1.82, 2.24) is 14.2 Å². The average Bonchev–Trinajstić information content (AvgIpc) is 3.15. The molecule has 0 bridgehead atoms. The number of carbonyl (C=O) groups is 1. The first-order valence-corrected chi connectivity index (χ1v) is 11.5. The fourth-order valence-corrected chi connectivity index (χ4v) is 5.00. The van der Waals surface area contributed by atoms with E-state index in [0.29, 0.717) is 19.7 Å². The van der Waals surface area contributed by atoms with Gasteiger partial charge in [-0.1, -0.05) is 0 Å². The van der Waals surface area contributed by atoms with Gasteiger partial charge in [-0.15, -0.1) is 11.3 Å². The number of hydrogen-bond acceptors (Lipinski definition) is 7. The van der Waals surface area contributed by atoms with Crippen LogP contribution in [0, 0.1) is 0 Å². The highest BCUT2D eigenvalue weighted by atomic mass is 32.2. The number of ether oxygens (including phenoxy) is 1. The third kappa shape index (κ3) is 6.88. The average molecular weight is 460 g/mol. The number of halogens is 3. The highest BCUT2D eigenvalue weighted by molar-refractivity contribution is 7.89. The van der Waals surface area contributed by atoms with E-state index >= 15 is 0 Å². The summed E-state index contributed by atoms with van der Waals surface area (Å²) < 4.78 is 63.4. The van der Waals surface area contributed by atoms with Gasteiger partial charge in [0.2, 0.25) is 10.0 Å². The zero-order valence-corrected chi connectivity index (χ0v) is 17.5. The Balaban J connectivity index is 0.000000370. The lowest BCUT2D eigenvalue weighted by molar-refractivity contribution is -0.192. The van der Waals surface area contributed by atoms with Crippen molar-refractivity contribution in [2.24, 2.45) is 0 Å². The Hall–Kier alpha value is -1.28. The topological polar surface area (TPSA) is 100 Å². The molecule has 2 fully saturated rings. The second-order valence-corrected chi connectivity index (χ2v) is 10.0. The van der Waals surface area contributed by atoms with E-state index in [0.717, 1.165) is 37.5 Å². The van der Waals surface area contributed by atoms with E-state index in [1.54, 1.807) is 22.6 Å². The van der Waals surface area contributed by atoms with E-state index in [-0.39, 0.29) is 11.4 Å². The van der Waals surface area contributed by atoms with Crippen LogP contribution in [0.15, 0.2) is 11.6 Å². The number of piperidine rings is 1. The predicted octanol–water partition coefficient (Wildman–Crippen LogP) is 1.79. The van der Waals surface area contributed by atoms with Gasteiger partial charge in [-0.3, -0.25) is 4.90 Å². The fourth-order valence-electron chi connectivity index (χ4n) is 3.24. The molecule has 0 amide bonds. The lowest BCUT2D eigenvalue weighted by Gasteiger charge is -2.46. The van der Waals surface area contributed by atoms with Crippen LogP contribution in [0.25, 0.3) is 0 Å². The van der Waals surface area contributed by atoms with Crippen molar-refractivity contribution in [3.05, 3.63) is 16.6 Å². The van der Waals surface area contributed by atoms with E-state index in [9.17, 15) is 21.6 Å². The number of hydrogen-bond donors (Lipinski definition) is 1. The summed E-state index contributed by atoms with van der Waals surface area (Å²) in [6.45, 7) is 6.20. The first kappa shape index (κ1) is 24.0. The summed E-state index contributed by atoms with van der Waals surface area (Å²) in [5.74, 6) is -2.58. The maximum atomic E-state index is 12.0. The molecule has 8 nitrogen and oxygen atoms in total. The van der Waals surface area contributed by atoms with Crippen LogP contribution in [-0.2, 0) is 26.1 Å². The summed E-state index contributed by atoms with van der Waals surface area (Å²) in [6.07, 6.45) is -1.69. The smallest absolute Gasteiger partial charge is 0.475 e. The summed E-state index contributed by atoms with van der Waals surface area (Å²) in [5.41, 5.74) is -0.185. The molecule has 0 atom stereocenters. The van der Waals surface area contributed by atoms with E-state index in [2.05, 4.69) is 9.88 Å².